The van der Waals surface area contributed by atoms with Crippen molar-refractivity contribution in [1.82, 2.24) is 9.88 Å². The molecular weight excluding hydrogens is 266 g/mol. The monoisotopic (exact) mass is 277 g/mol. The first-order valence-electron chi connectivity index (χ1n) is 5.54. The summed E-state index contributed by atoms with van der Waals surface area (Å²) in [4.78, 5) is 28.6. The van der Waals surface area contributed by atoms with Crippen LogP contribution in [0, 0.1) is 18.3 Å². The Morgan fingerprint density at radius 2 is 2.32 bits per heavy atom. The Labute approximate surface area is 114 Å². The van der Waals surface area contributed by atoms with Crippen LogP contribution in [-0.4, -0.2) is 44.5 Å². The molecule has 1 fully saturated rings. The van der Waals surface area contributed by atoms with Gasteiger partial charge in [-0.15, -0.1) is 11.8 Å². The third-order valence-corrected chi connectivity index (χ3v) is 3.87. The van der Waals surface area contributed by atoms with E-state index < -0.39 is 17.9 Å². The van der Waals surface area contributed by atoms with Crippen LogP contribution in [-0.2, 0) is 4.79 Å². The normalized spacial score (nSPS) is 18.1. The summed E-state index contributed by atoms with van der Waals surface area (Å²) >= 11 is 1.40. The average Bonchev–Trinajstić information content (AvgIpc) is 2.87. The molecule has 2 heterocycles. The number of pyridine rings is 1. The van der Waals surface area contributed by atoms with Crippen molar-refractivity contribution in [3.05, 3.63) is 29.1 Å². The fourth-order valence-corrected chi connectivity index (χ4v) is 2.94. The van der Waals surface area contributed by atoms with Gasteiger partial charge in [0, 0.05) is 5.75 Å². The Hall–Kier alpha value is -2.07. The van der Waals surface area contributed by atoms with Crippen molar-refractivity contribution in [3.8, 4) is 6.07 Å². The van der Waals surface area contributed by atoms with Gasteiger partial charge in [-0.05, 0) is 19.1 Å². The second-order valence-electron chi connectivity index (χ2n) is 4.07. The van der Waals surface area contributed by atoms with E-state index in [0.29, 0.717) is 22.9 Å². The third kappa shape index (κ3) is 2.53. The lowest BCUT2D eigenvalue weighted by atomic mass is 10.2. The summed E-state index contributed by atoms with van der Waals surface area (Å²) in [6.45, 7) is 1.64. The van der Waals surface area contributed by atoms with E-state index in [2.05, 4.69) is 4.98 Å². The first-order valence-corrected chi connectivity index (χ1v) is 6.69. The number of hydrogen-bond donors (Lipinski definition) is 1. The number of nitrogens with zero attached hydrogens (tertiary/aromatic N) is 3. The van der Waals surface area contributed by atoms with Crippen molar-refractivity contribution >= 4 is 23.6 Å². The first kappa shape index (κ1) is 13.4. The molecule has 1 N–H and O–H groups in total. The van der Waals surface area contributed by atoms with Crippen LogP contribution >= 0.6 is 11.8 Å². The molecule has 0 bridgehead atoms. The number of carbonyl (C=O) groups is 2. The summed E-state index contributed by atoms with van der Waals surface area (Å²) in [5.74, 6) is -0.693. The predicted molar refractivity (Wildman–Crippen MR) is 68.6 cm³/mol. The molecule has 1 atom stereocenters. The number of amides is 1. The smallest absolute Gasteiger partial charge is 0.327 e. The molecule has 0 saturated carbocycles. The van der Waals surface area contributed by atoms with E-state index in [4.69, 9.17) is 10.4 Å². The largest absolute Gasteiger partial charge is 0.480 e. The number of carboxylic acid groups (broad SMARTS) is 1. The number of carboxylic acids is 1. The zero-order chi connectivity index (χ0) is 14.0. The van der Waals surface area contributed by atoms with Crippen LogP contribution in [0.1, 0.15) is 21.7 Å². The van der Waals surface area contributed by atoms with Crippen LogP contribution < -0.4 is 0 Å². The van der Waals surface area contributed by atoms with Gasteiger partial charge < -0.3 is 10.0 Å². The first-order chi connectivity index (χ1) is 9.04. The molecular formula is C12H11N3O3S. The lowest BCUT2D eigenvalue weighted by Gasteiger charge is -2.20. The molecule has 1 saturated heterocycles. The Bertz CT molecular complexity index is 582. The molecule has 7 heteroatoms. The molecule has 98 valence electrons. The quantitative estimate of drug-likeness (QED) is 0.861. The fraction of sp³-hybridized carbons (Fsp3) is 0.333. The van der Waals surface area contributed by atoms with Crippen LogP contribution in [0.5, 0.6) is 0 Å². The fourth-order valence-electron chi connectivity index (χ4n) is 1.79. The lowest BCUT2D eigenvalue weighted by Crippen LogP contribution is -2.42. The van der Waals surface area contributed by atoms with Crippen molar-refractivity contribution in [1.29, 1.82) is 5.26 Å². The minimum absolute atomic E-state index is 0.172. The van der Waals surface area contributed by atoms with Gasteiger partial charge in [-0.25, -0.2) is 9.78 Å². The number of aliphatic carboxylic acids is 1. The van der Waals surface area contributed by atoms with E-state index >= 15 is 0 Å². The van der Waals surface area contributed by atoms with Crippen LogP contribution in [0.2, 0.25) is 0 Å². The molecule has 1 aliphatic rings. The van der Waals surface area contributed by atoms with Gasteiger partial charge in [-0.3, -0.25) is 4.79 Å². The van der Waals surface area contributed by atoms with E-state index in [1.54, 1.807) is 6.92 Å². The van der Waals surface area contributed by atoms with Crippen molar-refractivity contribution in [2.24, 2.45) is 0 Å². The highest BCUT2D eigenvalue weighted by Gasteiger charge is 2.35. The maximum atomic E-state index is 12.2. The zero-order valence-corrected chi connectivity index (χ0v) is 11.0. The van der Waals surface area contributed by atoms with Gasteiger partial charge in [0.2, 0.25) is 0 Å². The highest BCUT2D eigenvalue weighted by atomic mass is 32.2. The summed E-state index contributed by atoms with van der Waals surface area (Å²) in [5.41, 5.74) is 1.04. The van der Waals surface area contributed by atoms with Crippen molar-refractivity contribution in [3.63, 3.8) is 0 Å². The van der Waals surface area contributed by atoms with E-state index in [-0.39, 0.29) is 5.69 Å². The zero-order valence-electron chi connectivity index (χ0n) is 10.2. The summed E-state index contributed by atoms with van der Waals surface area (Å²) in [5, 5.41) is 17.9. The Morgan fingerprint density at radius 3 is 2.89 bits per heavy atom. The molecule has 1 aliphatic heterocycles. The molecule has 6 nitrogen and oxygen atoms in total. The number of hydrogen-bond acceptors (Lipinski definition) is 5. The van der Waals surface area contributed by atoms with Crippen LogP contribution in [0.4, 0.5) is 0 Å². The second-order valence-corrected chi connectivity index (χ2v) is 5.07. The highest BCUT2D eigenvalue weighted by Crippen LogP contribution is 2.23. The Morgan fingerprint density at radius 1 is 1.58 bits per heavy atom. The van der Waals surface area contributed by atoms with E-state index in [1.165, 1.54) is 28.8 Å². The van der Waals surface area contributed by atoms with Gasteiger partial charge >= 0.3 is 5.97 Å². The van der Waals surface area contributed by atoms with E-state index in [0.717, 1.165) is 0 Å². The highest BCUT2D eigenvalue weighted by molar-refractivity contribution is 7.99. The SMILES string of the molecule is Cc1nc(C(=O)N2CSCC2C(=O)O)ccc1C#N. The van der Waals surface area contributed by atoms with Gasteiger partial charge in [0.05, 0.1) is 17.1 Å². The van der Waals surface area contributed by atoms with Crippen molar-refractivity contribution in [2.75, 3.05) is 11.6 Å². The number of carbonyl (C=O) groups excluding carboxylic acids is 1. The van der Waals surface area contributed by atoms with Crippen LogP contribution in [0.25, 0.3) is 0 Å². The molecule has 1 unspecified atom stereocenters. The van der Waals surface area contributed by atoms with Gasteiger partial charge in [0.1, 0.15) is 17.8 Å². The van der Waals surface area contributed by atoms with Gasteiger partial charge in [0.15, 0.2) is 0 Å². The molecule has 0 aliphatic carbocycles. The van der Waals surface area contributed by atoms with Gasteiger partial charge in [-0.1, -0.05) is 0 Å². The number of nitriles is 1. The second kappa shape index (κ2) is 5.28. The number of thioether (sulfide) groups is 1. The maximum absolute atomic E-state index is 12.2. The van der Waals surface area contributed by atoms with E-state index in [1.807, 2.05) is 6.07 Å². The lowest BCUT2D eigenvalue weighted by molar-refractivity contribution is -0.140. The molecule has 1 aromatic heterocycles. The minimum atomic E-state index is -1.01. The number of rotatable bonds is 2. The van der Waals surface area contributed by atoms with Gasteiger partial charge in [-0.2, -0.15) is 5.26 Å². The standard InChI is InChI=1S/C12H11N3O3S/c1-7-8(4-13)2-3-9(14-7)11(16)15-6-19-5-10(15)12(17)18/h2-3,10H,5-6H2,1H3,(H,17,18). The Kier molecular flexibility index (Phi) is 3.71. The molecule has 0 spiro atoms. The van der Waals surface area contributed by atoms with Crippen molar-refractivity contribution < 1.29 is 14.7 Å². The molecule has 0 radical (unpaired) electrons. The molecule has 0 aromatic carbocycles. The van der Waals surface area contributed by atoms with Crippen LogP contribution in [0.3, 0.4) is 0 Å². The minimum Gasteiger partial charge on any atom is -0.480 e. The maximum Gasteiger partial charge on any atom is 0.327 e. The van der Waals surface area contributed by atoms with Crippen LogP contribution in [0.15, 0.2) is 12.1 Å². The third-order valence-electron chi connectivity index (χ3n) is 2.85. The van der Waals surface area contributed by atoms with Crippen molar-refractivity contribution in [2.45, 2.75) is 13.0 Å². The topological polar surface area (TPSA) is 94.3 Å². The summed E-state index contributed by atoms with van der Waals surface area (Å²) in [6, 6.07) is 4.14. The molecule has 19 heavy (non-hydrogen) atoms. The summed E-state index contributed by atoms with van der Waals surface area (Å²) in [6.07, 6.45) is 0. The summed E-state index contributed by atoms with van der Waals surface area (Å²) < 4.78 is 0. The molecule has 1 aromatic rings. The number of aryl methyl sites for hydroxylation is 1. The summed E-state index contributed by atoms with van der Waals surface area (Å²) in [7, 11) is 0. The number of aromatic nitrogens is 1. The Balaban J connectivity index is 2.27. The predicted octanol–water partition coefficient (Wildman–Crippen LogP) is 0.861. The van der Waals surface area contributed by atoms with Gasteiger partial charge in [0.25, 0.3) is 5.91 Å². The molecule has 2 rings (SSSR count). The van der Waals surface area contributed by atoms with E-state index in [9.17, 15) is 9.59 Å². The molecule has 1 amide bonds. The average molecular weight is 277 g/mol.